The van der Waals surface area contributed by atoms with E-state index in [0.29, 0.717) is 11.3 Å². The fraction of sp³-hybridized carbons (Fsp3) is 0.850. The van der Waals surface area contributed by atoms with E-state index in [1.807, 2.05) is 0 Å². The molecule has 0 spiro atoms. The molecule has 4 rings (SSSR count). The van der Waals surface area contributed by atoms with Gasteiger partial charge in [-0.2, -0.15) is 0 Å². The fourth-order valence-electron chi connectivity index (χ4n) is 7.05. The van der Waals surface area contributed by atoms with E-state index in [-0.39, 0.29) is 23.6 Å². The summed E-state index contributed by atoms with van der Waals surface area (Å²) < 4.78 is 0. The third kappa shape index (κ3) is 2.25. The number of carbonyl (C=O) groups excluding carboxylic acids is 1. The minimum Gasteiger partial charge on any atom is -0.393 e. The number of amides is 2. The number of aliphatic hydroxyl groups excluding tert-OH is 1. The SMILES string of the molecule is C[C@]12CCC(O)CC1=CC[C@@H]1[C@@H]2CC[C@]2(C)C(NC(N)=O)CC[C@@H]12. The van der Waals surface area contributed by atoms with Crippen LogP contribution in [0.25, 0.3) is 0 Å². The molecule has 4 nitrogen and oxygen atoms in total. The summed E-state index contributed by atoms with van der Waals surface area (Å²) in [5, 5.41) is 13.1. The van der Waals surface area contributed by atoms with Gasteiger partial charge in [0.15, 0.2) is 0 Å². The van der Waals surface area contributed by atoms with Crippen LogP contribution in [0.15, 0.2) is 11.6 Å². The molecular formula is C20H32N2O2. The van der Waals surface area contributed by atoms with Gasteiger partial charge in [0.25, 0.3) is 0 Å². The Labute approximate surface area is 145 Å². The lowest BCUT2D eigenvalue weighted by molar-refractivity contribution is -0.0422. The lowest BCUT2D eigenvalue weighted by atomic mass is 9.48. The first-order chi connectivity index (χ1) is 11.3. The van der Waals surface area contributed by atoms with E-state index in [4.69, 9.17) is 5.73 Å². The summed E-state index contributed by atoms with van der Waals surface area (Å²) in [6.07, 6.45) is 11.2. The van der Waals surface area contributed by atoms with E-state index in [0.717, 1.165) is 43.9 Å². The van der Waals surface area contributed by atoms with Crippen molar-refractivity contribution in [1.29, 1.82) is 0 Å². The largest absolute Gasteiger partial charge is 0.393 e. The normalized spacial score (nSPS) is 50.3. The number of nitrogens with two attached hydrogens (primary N) is 1. The van der Waals surface area contributed by atoms with Crippen molar-refractivity contribution >= 4 is 6.03 Å². The number of nitrogens with one attached hydrogen (secondary N) is 1. The van der Waals surface area contributed by atoms with Crippen LogP contribution >= 0.6 is 0 Å². The maximum absolute atomic E-state index is 11.4. The van der Waals surface area contributed by atoms with Crippen molar-refractivity contribution in [2.24, 2.45) is 34.3 Å². The molecule has 3 fully saturated rings. The summed E-state index contributed by atoms with van der Waals surface area (Å²) >= 11 is 0. The van der Waals surface area contributed by atoms with Gasteiger partial charge in [0.2, 0.25) is 0 Å². The average Bonchev–Trinajstić information content (AvgIpc) is 2.84. The zero-order valence-electron chi connectivity index (χ0n) is 15.1. The van der Waals surface area contributed by atoms with Gasteiger partial charge >= 0.3 is 6.03 Å². The van der Waals surface area contributed by atoms with Gasteiger partial charge in [-0.05, 0) is 80.0 Å². The molecule has 134 valence electrons. The molecule has 3 saturated carbocycles. The summed E-state index contributed by atoms with van der Waals surface area (Å²) in [4.78, 5) is 11.4. The molecule has 0 bridgehead atoms. The number of carbonyl (C=O) groups is 1. The Morgan fingerprint density at radius 1 is 1.21 bits per heavy atom. The molecule has 0 saturated heterocycles. The Morgan fingerprint density at radius 2 is 2.00 bits per heavy atom. The smallest absolute Gasteiger partial charge is 0.312 e. The Morgan fingerprint density at radius 3 is 2.75 bits per heavy atom. The van der Waals surface area contributed by atoms with Crippen molar-refractivity contribution < 1.29 is 9.90 Å². The van der Waals surface area contributed by atoms with Gasteiger partial charge in [0, 0.05) is 6.04 Å². The van der Waals surface area contributed by atoms with Gasteiger partial charge in [0.1, 0.15) is 0 Å². The maximum atomic E-state index is 11.4. The van der Waals surface area contributed by atoms with E-state index < -0.39 is 0 Å². The highest BCUT2D eigenvalue weighted by molar-refractivity contribution is 5.72. The van der Waals surface area contributed by atoms with E-state index in [9.17, 15) is 9.90 Å². The molecular weight excluding hydrogens is 300 g/mol. The van der Waals surface area contributed by atoms with Crippen LogP contribution in [0.2, 0.25) is 0 Å². The van der Waals surface area contributed by atoms with Gasteiger partial charge in [-0.15, -0.1) is 0 Å². The molecule has 4 aliphatic carbocycles. The standard InChI is InChI=1S/C20H32N2O2/c1-19-9-7-13(23)11-12(19)3-4-14-15-5-6-17(22-18(21)24)20(15,2)10-8-16(14)19/h3,13-17,23H,4-11H2,1-2H3,(H3,21,22,24)/t13?,14-,15-,16-,17?,19-,20-/m0/s1. The zero-order chi connectivity index (χ0) is 17.1. The quantitative estimate of drug-likeness (QED) is 0.644. The summed E-state index contributed by atoms with van der Waals surface area (Å²) in [6, 6.07) is -0.129. The molecule has 0 heterocycles. The summed E-state index contributed by atoms with van der Waals surface area (Å²) in [6.45, 7) is 4.84. The minimum atomic E-state index is -0.372. The van der Waals surface area contributed by atoms with Gasteiger partial charge in [0.05, 0.1) is 6.10 Å². The number of urea groups is 1. The molecule has 7 atom stereocenters. The summed E-state index contributed by atoms with van der Waals surface area (Å²) in [5.41, 5.74) is 7.44. The number of hydrogen-bond donors (Lipinski definition) is 3. The van der Waals surface area contributed by atoms with Crippen LogP contribution < -0.4 is 11.1 Å². The predicted octanol–water partition coefficient (Wildman–Crippen LogP) is 3.35. The van der Waals surface area contributed by atoms with Crippen molar-refractivity contribution in [2.45, 2.75) is 77.4 Å². The molecule has 4 heteroatoms. The molecule has 0 aromatic carbocycles. The van der Waals surface area contributed by atoms with Gasteiger partial charge in [-0.3, -0.25) is 0 Å². The maximum Gasteiger partial charge on any atom is 0.312 e. The highest BCUT2D eigenvalue weighted by Crippen LogP contribution is 2.64. The van der Waals surface area contributed by atoms with E-state index >= 15 is 0 Å². The van der Waals surface area contributed by atoms with Crippen LogP contribution in [0.3, 0.4) is 0 Å². The average molecular weight is 332 g/mol. The van der Waals surface area contributed by atoms with Crippen molar-refractivity contribution in [3.63, 3.8) is 0 Å². The lowest BCUT2D eigenvalue weighted by Crippen LogP contribution is -2.54. The Hall–Kier alpha value is -1.03. The Kier molecular flexibility index (Phi) is 3.76. The molecule has 0 aliphatic heterocycles. The Balaban J connectivity index is 1.62. The number of fused-ring (bicyclic) bond motifs is 5. The summed E-state index contributed by atoms with van der Waals surface area (Å²) in [5.74, 6) is 2.16. The van der Waals surface area contributed by atoms with Crippen LogP contribution in [0, 0.1) is 28.6 Å². The first-order valence-electron chi connectivity index (χ1n) is 9.78. The predicted molar refractivity (Wildman–Crippen MR) is 94.2 cm³/mol. The third-order valence-corrected chi connectivity index (χ3v) is 8.39. The van der Waals surface area contributed by atoms with Crippen molar-refractivity contribution in [3.05, 3.63) is 11.6 Å². The summed E-state index contributed by atoms with van der Waals surface area (Å²) in [7, 11) is 0. The molecule has 2 unspecified atom stereocenters. The van der Waals surface area contributed by atoms with Gasteiger partial charge in [-0.1, -0.05) is 25.5 Å². The van der Waals surface area contributed by atoms with Crippen LogP contribution in [-0.4, -0.2) is 23.3 Å². The second kappa shape index (κ2) is 5.48. The zero-order valence-corrected chi connectivity index (χ0v) is 15.1. The van der Waals surface area contributed by atoms with E-state index in [2.05, 4.69) is 25.2 Å². The third-order valence-electron chi connectivity index (χ3n) is 8.39. The van der Waals surface area contributed by atoms with Gasteiger partial charge < -0.3 is 16.2 Å². The highest BCUT2D eigenvalue weighted by Gasteiger charge is 2.58. The first kappa shape index (κ1) is 16.4. The van der Waals surface area contributed by atoms with Gasteiger partial charge in [-0.25, -0.2) is 4.79 Å². The number of rotatable bonds is 1. The minimum absolute atomic E-state index is 0.134. The molecule has 2 amide bonds. The highest BCUT2D eigenvalue weighted by atomic mass is 16.3. The Bertz CT molecular complexity index is 574. The number of hydrogen-bond acceptors (Lipinski definition) is 2. The molecule has 24 heavy (non-hydrogen) atoms. The second-order valence-electron chi connectivity index (χ2n) is 9.34. The molecule has 0 aromatic heterocycles. The van der Waals surface area contributed by atoms with E-state index in [1.165, 1.54) is 24.8 Å². The second-order valence-corrected chi connectivity index (χ2v) is 9.34. The van der Waals surface area contributed by atoms with Crippen molar-refractivity contribution in [1.82, 2.24) is 5.32 Å². The number of primary amides is 1. The first-order valence-corrected chi connectivity index (χ1v) is 9.78. The van der Waals surface area contributed by atoms with Crippen LogP contribution in [0.1, 0.15) is 65.2 Å². The van der Waals surface area contributed by atoms with Crippen LogP contribution in [-0.2, 0) is 0 Å². The fourth-order valence-corrected chi connectivity index (χ4v) is 7.05. The number of allylic oxidation sites excluding steroid dienone is 1. The molecule has 4 aliphatic rings. The molecule has 0 aromatic rings. The van der Waals surface area contributed by atoms with E-state index in [1.54, 1.807) is 0 Å². The lowest BCUT2D eigenvalue weighted by Gasteiger charge is -2.58. The topological polar surface area (TPSA) is 75.3 Å². The molecule has 0 radical (unpaired) electrons. The monoisotopic (exact) mass is 332 g/mol. The van der Waals surface area contributed by atoms with Crippen molar-refractivity contribution in [3.8, 4) is 0 Å². The van der Waals surface area contributed by atoms with Crippen LogP contribution in [0.4, 0.5) is 4.79 Å². The molecule has 4 N–H and O–H groups in total. The van der Waals surface area contributed by atoms with Crippen molar-refractivity contribution in [2.75, 3.05) is 0 Å². The van der Waals surface area contributed by atoms with Crippen LogP contribution in [0.5, 0.6) is 0 Å². The number of aliphatic hydroxyl groups is 1.